The number of para-hydroxylation sites is 1. The molecule has 0 aliphatic rings. The van der Waals surface area contributed by atoms with Crippen molar-refractivity contribution < 1.29 is 19.1 Å². The van der Waals surface area contributed by atoms with E-state index in [-0.39, 0.29) is 17.4 Å². The summed E-state index contributed by atoms with van der Waals surface area (Å²) < 4.78 is 4.73. The molecule has 0 aliphatic heterocycles. The second-order valence-electron chi connectivity index (χ2n) is 6.39. The van der Waals surface area contributed by atoms with E-state index in [0.717, 1.165) is 5.56 Å². The van der Waals surface area contributed by atoms with Crippen LogP contribution in [0, 0.1) is 6.92 Å². The molecule has 146 valence electrons. The number of anilines is 2. The van der Waals surface area contributed by atoms with Crippen molar-refractivity contribution in [1.29, 1.82) is 0 Å². The monoisotopic (exact) mass is 388 g/mol. The van der Waals surface area contributed by atoms with Crippen molar-refractivity contribution in [2.24, 2.45) is 0 Å². The van der Waals surface area contributed by atoms with Crippen LogP contribution >= 0.6 is 0 Å². The Hall–Kier alpha value is -3.93. The van der Waals surface area contributed by atoms with Crippen LogP contribution in [-0.2, 0) is 4.74 Å². The summed E-state index contributed by atoms with van der Waals surface area (Å²) in [4.78, 5) is 36.6. The summed E-state index contributed by atoms with van der Waals surface area (Å²) in [7, 11) is 1.28. The zero-order valence-corrected chi connectivity index (χ0v) is 16.1. The number of aryl methyl sites for hydroxylation is 1. The third-order valence-corrected chi connectivity index (χ3v) is 4.30. The Morgan fingerprint density at radius 2 is 1.28 bits per heavy atom. The van der Waals surface area contributed by atoms with Crippen LogP contribution in [0.1, 0.15) is 36.6 Å². The number of hydrogen-bond donors (Lipinski definition) is 2. The minimum absolute atomic E-state index is 0.228. The fourth-order valence-electron chi connectivity index (χ4n) is 2.69. The van der Waals surface area contributed by atoms with Crippen molar-refractivity contribution in [3.63, 3.8) is 0 Å². The number of rotatable bonds is 5. The summed E-state index contributed by atoms with van der Waals surface area (Å²) in [5.74, 6) is -1.14. The van der Waals surface area contributed by atoms with Gasteiger partial charge < -0.3 is 15.4 Å². The first-order valence-electron chi connectivity index (χ1n) is 8.94. The number of carbonyl (C=O) groups excluding carboxylic acids is 3. The van der Waals surface area contributed by atoms with Gasteiger partial charge in [0.25, 0.3) is 11.8 Å². The minimum Gasteiger partial charge on any atom is -0.465 e. The van der Waals surface area contributed by atoms with E-state index in [4.69, 9.17) is 4.74 Å². The second-order valence-corrected chi connectivity index (χ2v) is 6.39. The molecule has 3 aromatic rings. The van der Waals surface area contributed by atoms with Crippen LogP contribution in [0.3, 0.4) is 0 Å². The lowest BCUT2D eigenvalue weighted by Gasteiger charge is -2.10. The molecule has 6 heteroatoms. The first kappa shape index (κ1) is 19.8. The van der Waals surface area contributed by atoms with Crippen molar-refractivity contribution >= 4 is 29.2 Å². The fourth-order valence-corrected chi connectivity index (χ4v) is 2.69. The van der Waals surface area contributed by atoms with Gasteiger partial charge in [0.2, 0.25) is 0 Å². The smallest absolute Gasteiger partial charge is 0.339 e. The Bertz CT molecular complexity index is 1040. The minimum atomic E-state index is -0.532. The Kier molecular flexibility index (Phi) is 6.04. The van der Waals surface area contributed by atoms with Crippen molar-refractivity contribution in [2.45, 2.75) is 6.92 Å². The van der Waals surface area contributed by atoms with Gasteiger partial charge in [-0.3, -0.25) is 9.59 Å². The molecule has 0 spiro atoms. The maximum Gasteiger partial charge on any atom is 0.339 e. The topological polar surface area (TPSA) is 84.5 Å². The summed E-state index contributed by atoms with van der Waals surface area (Å²) in [6, 6.07) is 20.3. The van der Waals surface area contributed by atoms with E-state index in [1.165, 1.54) is 7.11 Å². The number of benzene rings is 3. The maximum absolute atomic E-state index is 12.5. The van der Waals surface area contributed by atoms with Gasteiger partial charge in [0, 0.05) is 16.8 Å². The van der Waals surface area contributed by atoms with E-state index in [0.29, 0.717) is 22.5 Å². The third kappa shape index (κ3) is 4.87. The second kappa shape index (κ2) is 8.84. The molecule has 0 heterocycles. The molecule has 0 fully saturated rings. The van der Waals surface area contributed by atoms with Gasteiger partial charge in [-0.2, -0.15) is 0 Å². The van der Waals surface area contributed by atoms with Crippen LogP contribution in [0.4, 0.5) is 11.4 Å². The lowest BCUT2D eigenvalue weighted by molar-refractivity contribution is 0.0601. The highest BCUT2D eigenvalue weighted by molar-refractivity contribution is 6.08. The van der Waals surface area contributed by atoms with E-state index < -0.39 is 5.97 Å². The molecule has 0 unspecified atom stereocenters. The Balaban J connectivity index is 1.69. The van der Waals surface area contributed by atoms with Crippen LogP contribution in [0.2, 0.25) is 0 Å². The van der Waals surface area contributed by atoms with Crippen molar-refractivity contribution in [1.82, 2.24) is 0 Å². The van der Waals surface area contributed by atoms with Gasteiger partial charge in [0.15, 0.2) is 0 Å². The number of esters is 1. The predicted octanol–water partition coefficient (Wildman–Crippen LogP) is 4.29. The zero-order valence-electron chi connectivity index (χ0n) is 16.1. The van der Waals surface area contributed by atoms with E-state index in [1.807, 2.05) is 19.1 Å². The molecule has 3 rings (SSSR count). The van der Waals surface area contributed by atoms with Crippen LogP contribution in [0.15, 0.2) is 72.8 Å². The van der Waals surface area contributed by atoms with Crippen molar-refractivity contribution in [2.75, 3.05) is 17.7 Å². The molecule has 29 heavy (non-hydrogen) atoms. The Morgan fingerprint density at radius 3 is 1.90 bits per heavy atom. The summed E-state index contributed by atoms with van der Waals surface area (Å²) >= 11 is 0. The highest BCUT2D eigenvalue weighted by Crippen LogP contribution is 2.18. The largest absolute Gasteiger partial charge is 0.465 e. The van der Waals surface area contributed by atoms with Crippen LogP contribution in [-0.4, -0.2) is 24.9 Å². The van der Waals surface area contributed by atoms with E-state index >= 15 is 0 Å². The van der Waals surface area contributed by atoms with Gasteiger partial charge in [-0.15, -0.1) is 0 Å². The lowest BCUT2D eigenvalue weighted by Crippen LogP contribution is -2.16. The first-order valence-corrected chi connectivity index (χ1v) is 8.94. The zero-order chi connectivity index (χ0) is 20.8. The SMILES string of the molecule is COC(=O)c1ccccc1NC(=O)c1ccc(NC(=O)c2ccc(C)cc2)cc1. The first-order chi connectivity index (χ1) is 14.0. The molecule has 3 aromatic carbocycles. The number of hydrogen-bond acceptors (Lipinski definition) is 4. The molecule has 0 saturated heterocycles. The molecule has 2 N–H and O–H groups in total. The predicted molar refractivity (Wildman–Crippen MR) is 111 cm³/mol. The van der Waals surface area contributed by atoms with Gasteiger partial charge in [-0.1, -0.05) is 29.8 Å². The highest BCUT2D eigenvalue weighted by Gasteiger charge is 2.14. The van der Waals surface area contributed by atoms with Crippen LogP contribution < -0.4 is 10.6 Å². The summed E-state index contributed by atoms with van der Waals surface area (Å²) in [5.41, 5.74) is 3.22. The van der Waals surface area contributed by atoms with Crippen LogP contribution in [0.5, 0.6) is 0 Å². The average Bonchev–Trinajstić information content (AvgIpc) is 2.74. The van der Waals surface area contributed by atoms with Crippen molar-refractivity contribution in [3.05, 3.63) is 95.1 Å². The molecular formula is C23H20N2O4. The molecule has 6 nitrogen and oxygen atoms in total. The summed E-state index contributed by atoms with van der Waals surface area (Å²) in [6.07, 6.45) is 0. The van der Waals surface area contributed by atoms with Gasteiger partial charge in [-0.25, -0.2) is 4.79 Å². The molecular weight excluding hydrogens is 368 g/mol. The lowest BCUT2D eigenvalue weighted by atomic mass is 10.1. The van der Waals surface area contributed by atoms with Gasteiger partial charge >= 0.3 is 5.97 Å². The number of carbonyl (C=O) groups is 3. The Morgan fingerprint density at radius 1 is 0.724 bits per heavy atom. The molecule has 0 radical (unpaired) electrons. The molecule has 0 saturated carbocycles. The molecule has 0 aliphatic carbocycles. The van der Waals surface area contributed by atoms with Gasteiger partial charge in [-0.05, 0) is 55.5 Å². The summed E-state index contributed by atoms with van der Waals surface area (Å²) in [5, 5.41) is 5.50. The van der Waals surface area contributed by atoms with E-state index in [9.17, 15) is 14.4 Å². The maximum atomic E-state index is 12.5. The highest BCUT2D eigenvalue weighted by atomic mass is 16.5. The summed E-state index contributed by atoms with van der Waals surface area (Å²) in [6.45, 7) is 1.95. The fraction of sp³-hybridized carbons (Fsp3) is 0.0870. The third-order valence-electron chi connectivity index (χ3n) is 4.30. The molecule has 2 amide bonds. The van der Waals surface area contributed by atoms with Crippen molar-refractivity contribution in [3.8, 4) is 0 Å². The normalized spacial score (nSPS) is 10.1. The molecule has 0 atom stereocenters. The van der Waals surface area contributed by atoms with Gasteiger partial charge in [0.1, 0.15) is 0 Å². The number of amides is 2. The average molecular weight is 388 g/mol. The number of nitrogens with one attached hydrogen (secondary N) is 2. The molecule has 0 bridgehead atoms. The standard InChI is InChI=1S/C23H20N2O4/c1-15-7-9-16(10-8-15)21(26)24-18-13-11-17(12-14-18)22(27)25-20-6-4-3-5-19(20)23(28)29-2/h3-14H,1-2H3,(H,24,26)(H,25,27). The van der Waals surface area contributed by atoms with Gasteiger partial charge in [0.05, 0.1) is 18.4 Å². The quantitative estimate of drug-likeness (QED) is 0.639. The number of methoxy groups -OCH3 is 1. The van der Waals surface area contributed by atoms with E-state index in [1.54, 1.807) is 60.7 Å². The molecule has 0 aromatic heterocycles. The Labute approximate surface area is 168 Å². The number of ether oxygens (including phenoxy) is 1. The van der Waals surface area contributed by atoms with Crippen LogP contribution in [0.25, 0.3) is 0 Å². The van der Waals surface area contributed by atoms with E-state index in [2.05, 4.69) is 10.6 Å².